The van der Waals surface area contributed by atoms with Crippen molar-refractivity contribution in [3.63, 3.8) is 0 Å². The molecule has 102 valence electrons. The molecule has 9 nitrogen and oxygen atoms in total. The summed E-state index contributed by atoms with van der Waals surface area (Å²) in [6.45, 7) is 1.57. The first-order valence-corrected chi connectivity index (χ1v) is 5.36. The fourth-order valence-electron chi connectivity index (χ4n) is 1.46. The second kappa shape index (κ2) is 5.26. The molecule has 20 heavy (non-hydrogen) atoms. The number of aromatic nitrogens is 2. The Bertz CT molecular complexity index is 671. The van der Waals surface area contributed by atoms with Gasteiger partial charge in [0.15, 0.2) is 0 Å². The van der Waals surface area contributed by atoms with Gasteiger partial charge in [0.25, 0.3) is 5.69 Å². The van der Waals surface area contributed by atoms with Gasteiger partial charge < -0.3 is 4.74 Å². The predicted octanol–water partition coefficient (Wildman–Crippen LogP) is 2.39. The summed E-state index contributed by atoms with van der Waals surface area (Å²) in [5, 5.41) is 21.1. The lowest BCUT2D eigenvalue weighted by atomic mass is 10.2. The maximum Gasteiger partial charge on any atom is 0.322 e. The smallest absolute Gasteiger partial charge is 0.322 e. The Morgan fingerprint density at radius 1 is 1.10 bits per heavy atom. The van der Waals surface area contributed by atoms with Gasteiger partial charge in [0.2, 0.25) is 0 Å². The van der Waals surface area contributed by atoms with E-state index in [9.17, 15) is 20.2 Å². The highest BCUT2D eigenvalue weighted by Crippen LogP contribution is 2.25. The van der Waals surface area contributed by atoms with E-state index in [1.807, 2.05) is 0 Å². The Morgan fingerprint density at radius 2 is 1.75 bits per heavy atom. The standard InChI is InChI=1S/C11H8N4O5/c1-7-4-9(2-3-10(7)15(18)19)20-11-12-5-8(6-13-11)14(16)17/h2-6H,1H3. The Labute approximate surface area is 112 Å². The van der Waals surface area contributed by atoms with E-state index in [1.54, 1.807) is 6.92 Å². The van der Waals surface area contributed by atoms with Crippen LogP contribution in [0.3, 0.4) is 0 Å². The van der Waals surface area contributed by atoms with E-state index in [-0.39, 0.29) is 17.4 Å². The average Bonchev–Trinajstić information content (AvgIpc) is 2.39. The van der Waals surface area contributed by atoms with E-state index in [0.717, 1.165) is 12.4 Å². The molecule has 0 saturated heterocycles. The summed E-state index contributed by atoms with van der Waals surface area (Å²) in [7, 11) is 0. The molecule has 0 amide bonds. The lowest BCUT2D eigenvalue weighted by Crippen LogP contribution is -1.96. The number of benzene rings is 1. The number of nitrogens with zero attached hydrogens (tertiary/aromatic N) is 4. The van der Waals surface area contributed by atoms with Crippen molar-refractivity contribution in [3.8, 4) is 11.8 Å². The van der Waals surface area contributed by atoms with Crippen LogP contribution < -0.4 is 4.74 Å². The zero-order valence-electron chi connectivity index (χ0n) is 10.2. The number of hydrogen-bond acceptors (Lipinski definition) is 7. The van der Waals surface area contributed by atoms with Crippen LogP contribution in [0.1, 0.15) is 5.56 Å². The van der Waals surface area contributed by atoms with Gasteiger partial charge in [-0.25, -0.2) is 0 Å². The first-order valence-electron chi connectivity index (χ1n) is 5.36. The van der Waals surface area contributed by atoms with Gasteiger partial charge >= 0.3 is 11.7 Å². The number of nitro groups is 2. The van der Waals surface area contributed by atoms with Crippen molar-refractivity contribution < 1.29 is 14.6 Å². The summed E-state index contributed by atoms with van der Waals surface area (Å²) in [4.78, 5) is 27.3. The van der Waals surface area contributed by atoms with Crippen molar-refractivity contribution in [2.45, 2.75) is 6.92 Å². The van der Waals surface area contributed by atoms with E-state index >= 15 is 0 Å². The zero-order valence-corrected chi connectivity index (χ0v) is 10.2. The summed E-state index contributed by atoms with van der Waals surface area (Å²) in [5.74, 6) is 0.307. The van der Waals surface area contributed by atoms with Gasteiger partial charge in [0.05, 0.1) is 9.85 Å². The molecule has 1 aromatic heterocycles. The summed E-state index contributed by atoms with van der Waals surface area (Å²) in [6.07, 6.45) is 2.03. The number of nitro benzene ring substituents is 1. The third-order valence-electron chi connectivity index (χ3n) is 2.40. The Hall–Kier alpha value is -3.10. The third-order valence-corrected chi connectivity index (χ3v) is 2.40. The van der Waals surface area contributed by atoms with Crippen LogP contribution >= 0.6 is 0 Å². The molecule has 0 aliphatic carbocycles. The first kappa shape index (κ1) is 13.3. The normalized spacial score (nSPS) is 10.1. The highest BCUT2D eigenvalue weighted by molar-refractivity contribution is 5.44. The van der Waals surface area contributed by atoms with Crippen molar-refractivity contribution in [1.82, 2.24) is 9.97 Å². The summed E-state index contributed by atoms with van der Waals surface area (Å²) < 4.78 is 5.26. The maximum atomic E-state index is 10.7. The zero-order chi connectivity index (χ0) is 14.7. The molecule has 0 aliphatic rings. The monoisotopic (exact) mass is 276 g/mol. The highest BCUT2D eigenvalue weighted by Gasteiger charge is 2.12. The Morgan fingerprint density at radius 3 is 2.25 bits per heavy atom. The summed E-state index contributed by atoms with van der Waals surface area (Å²) in [5.41, 5.74) is 0.147. The minimum absolute atomic E-state index is 0.0260. The van der Waals surface area contributed by atoms with E-state index < -0.39 is 9.85 Å². The van der Waals surface area contributed by atoms with E-state index in [0.29, 0.717) is 11.3 Å². The molecule has 2 aromatic rings. The second-order valence-corrected chi connectivity index (χ2v) is 3.79. The molecular formula is C11H8N4O5. The fourth-order valence-corrected chi connectivity index (χ4v) is 1.46. The summed E-state index contributed by atoms with van der Waals surface area (Å²) >= 11 is 0. The van der Waals surface area contributed by atoms with Crippen molar-refractivity contribution in [1.29, 1.82) is 0 Å². The Kier molecular flexibility index (Phi) is 3.51. The predicted molar refractivity (Wildman–Crippen MR) is 66.6 cm³/mol. The molecule has 0 aliphatic heterocycles. The van der Waals surface area contributed by atoms with E-state index in [1.165, 1.54) is 18.2 Å². The minimum Gasteiger partial charge on any atom is -0.424 e. The van der Waals surface area contributed by atoms with Gasteiger partial charge in [-0.1, -0.05) is 0 Å². The fraction of sp³-hybridized carbons (Fsp3) is 0.0909. The SMILES string of the molecule is Cc1cc(Oc2ncc([N+](=O)[O-])cn2)ccc1[N+](=O)[O-]. The molecule has 0 N–H and O–H groups in total. The lowest BCUT2D eigenvalue weighted by molar-refractivity contribution is -0.385. The van der Waals surface area contributed by atoms with Gasteiger partial charge in [-0.15, -0.1) is 0 Å². The lowest BCUT2D eigenvalue weighted by Gasteiger charge is -2.04. The van der Waals surface area contributed by atoms with Gasteiger partial charge in [-0.3, -0.25) is 20.2 Å². The van der Waals surface area contributed by atoms with Crippen LogP contribution in [0.2, 0.25) is 0 Å². The Balaban J connectivity index is 2.19. The third kappa shape index (κ3) is 2.83. The molecule has 0 bridgehead atoms. The van der Waals surface area contributed by atoms with Crippen LogP contribution in [0, 0.1) is 27.2 Å². The van der Waals surface area contributed by atoms with Crippen LogP contribution in [-0.4, -0.2) is 19.8 Å². The van der Waals surface area contributed by atoms with Crippen LogP contribution in [0.25, 0.3) is 0 Å². The molecule has 1 aromatic carbocycles. The van der Waals surface area contributed by atoms with Gasteiger partial charge in [-0.05, 0) is 19.1 Å². The minimum atomic E-state index is -0.625. The molecular weight excluding hydrogens is 268 g/mol. The van der Waals surface area contributed by atoms with Crippen LogP contribution in [0.15, 0.2) is 30.6 Å². The van der Waals surface area contributed by atoms with Crippen LogP contribution in [-0.2, 0) is 0 Å². The van der Waals surface area contributed by atoms with Crippen LogP contribution in [0.5, 0.6) is 11.8 Å². The van der Waals surface area contributed by atoms with Crippen molar-refractivity contribution in [3.05, 3.63) is 56.4 Å². The van der Waals surface area contributed by atoms with E-state index in [4.69, 9.17) is 4.74 Å². The molecule has 0 fully saturated rings. The molecule has 0 unspecified atom stereocenters. The molecule has 0 saturated carbocycles. The number of aryl methyl sites for hydroxylation is 1. The van der Waals surface area contributed by atoms with Gasteiger partial charge in [-0.2, -0.15) is 9.97 Å². The quantitative estimate of drug-likeness (QED) is 0.620. The molecule has 0 atom stereocenters. The van der Waals surface area contributed by atoms with Crippen molar-refractivity contribution in [2.24, 2.45) is 0 Å². The number of rotatable bonds is 4. The highest BCUT2D eigenvalue weighted by atomic mass is 16.6. The van der Waals surface area contributed by atoms with Crippen molar-refractivity contribution in [2.75, 3.05) is 0 Å². The number of hydrogen-bond donors (Lipinski definition) is 0. The molecule has 9 heteroatoms. The van der Waals surface area contributed by atoms with Crippen molar-refractivity contribution >= 4 is 11.4 Å². The molecule has 2 rings (SSSR count). The van der Waals surface area contributed by atoms with Gasteiger partial charge in [0.1, 0.15) is 18.1 Å². The van der Waals surface area contributed by atoms with E-state index in [2.05, 4.69) is 9.97 Å². The van der Waals surface area contributed by atoms with Crippen LogP contribution in [0.4, 0.5) is 11.4 Å². The maximum absolute atomic E-state index is 10.7. The average molecular weight is 276 g/mol. The first-order chi connectivity index (χ1) is 9.47. The molecule has 0 radical (unpaired) electrons. The van der Waals surface area contributed by atoms with Gasteiger partial charge in [0, 0.05) is 11.6 Å². The number of ether oxygens (including phenoxy) is 1. The summed E-state index contributed by atoms with van der Waals surface area (Å²) in [6, 6.07) is 4.08. The topological polar surface area (TPSA) is 121 Å². The molecule has 1 heterocycles. The largest absolute Gasteiger partial charge is 0.424 e. The second-order valence-electron chi connectivity index (χ2n) is 3.79. The molecule has 0 spiro atoms.